The van der Waals surface area contributed by atoms with Gasteiger partial charge in [-0.25, -0.2) is 13.2 Å². The summed E-state index contributed by atoms with van der Waals surface area (Å²) >= 11 is 6.19. The quantitative estimate of drug-likeness (QED) is 0.301. The van der Waals surface area contributed by atoms with Crippen LogP contribution in [0.1, 0.15) is 47.0 Å². The molecule has 0 amide bonds. The van der Waals surface area contributed by atoms with Gasteiger partial charge in [0.25, 0.3) is 5.69 Å². The van der Waals surface area contributed by atoms with Gasteiger partial charge in [-0.3, -0.25) is 10.1 Å². The fraction of sp³-hybridized carbons (Fsp3) is 0.316. The van der Waals surface area contributed by atoms with E-state index >= 15 is 0 Å². The van der Waals surface area contributed by atoms with Crippen molar-refractivity contribution in [3.8, 4) is 0 Å². The van der Waals surface area contributed by atoms with Crippen LogP contribution < -0.4 is 0 Å². The van der Waals surface area contributed by atoms with E-state index in [0.717, 1.165) is 17.7 Å². The molecular weight excluding hydrogens is 406 g/mol. The van der Waals surface area contributed by atoms with Crippen LogP contribution >= 0.6 is 11.6 Å². The van der Waals surface area contributed by atoms with Gasteiger partial charge in [-0.15, -0.1) is 0 Å². The van der Waals surface area contributed by atoms with Crippen LogP contribution in [0.15, 0.2) is 47.4 Å². The largest absolute Gasteiger partial charge is 0.456 e. The van der Waals surface area contributed by atoms with Crippen molar-refractivity contribution in [3.05, 3.63) is 69.3 Å². The average molecular weight is 426 g/mol. The van der Waals surface area contributed by atoms with Crippen LogP contribution in [0.3, 0.4) is 0 Å². The van der Waals surface area contributed by atoms with Gasteiger partial charge in [-0.2, -0.15) is 0 Å². The number of rotatable bonds is 5. The molecular formula is C19H20ClNO6S. The molecule has 0 aliphatic rings. The Morgan fingerprint density at radius 2 is 1.71 bits per heavy atom. The number of hydrogen-bond acceptors (Lipinski definition) is 6. The highest BCUT2D eigenvalue weighted by Gasteiger charge is 2.33. The predicted molar refractivity (Wildman–Crippen MR) is 105 cm³/mol. The van der Waals surface area contributed by atoms with Gasteiger partial charge in [0.1, 0.15) is 5.60 Å². The summed E-state index contributed by atoms with van der Waals surface area (Å²) in [4.78, 5) is 22.9. The first kappa shape index (κ1) is 21.8. The summed E-state index contributed by atoms with van der Waals surface area (Å²) in [5, 5.41) is 11.4. The number of alkyl halides is 1. The maximum atomic E-state index is 12.9. The van der Waals surface area contributed by atoms with Gasteiger partial charge >= 0.3 is 5.97 Å². The lowest BCUT2D eigenvalue weighted by atomic mass is 10.1. The SMILES string of the molecule is Cc1ccc(S(=O)(=O)C(Cl)c2cc(C(=O)OC(C)(C)C)ccc2[N+](=O)[O-])cc1. The molecule has 0 N–H and O–H groups in total. The van der Waals surface area contributed by atoms with Crippen molar-refractivity contribution in [3.63, 3.8) is 0 Å². The molecule has 1 atom stereocenters. The molecule has 2 aromatic rings. The van der Waals surface area contributed by atoms with Crippen molar-refractivity contribution in [1.82, 2.24) is 0 Å². The number of sulfone groups is 1. The number of carbonyl (C=O) groups excluding carboxylic acids is 1. The van der Waals surface area contributed by atoms with Crippen LogP contribution in [0, 0.1) is 17.0 Å². The average Bonchev–Trinajstić information content (AvgIpc) is 2.59. The van der Waals surface area contributed by atoms with E-state index in [9.17, 15) is 23.3 Å². The van der Waals surface area contributed by atoms with E-state index in [-0.39, 0.29) is 16.0 Å². The second-order valence-corrected chi connectivity index (χ2v) is 9.93. The van der Waals surface area contributed by atoms with Crippen LogP contribution in [-0.4, -0.2) is 24.9 Å². The van der Waals surface area contributed by atoms with Crippen molar-refractivity contribution < 1.29 is 22.9 Å². The minimum atomic E-state index is -4.13. The zero-order valence-electron chi connectivity index (χ0n) is 15.8. The van der Waals surface area contributed by atoms with E-state index in [4.69, 9.17) is 16.3 Å². The molecule has 0 saturated carbocycles. The molecule has 0 radical (unpaired) electrons. The molecule has 28 heavy (non-hydrogen) atoms. The van der Waals surface area contributed by atoms with Crippen LogP contribution in [0.4, 0.5) is 5.69 Å². The lowest BCUT2D eigenvalue weighted by Crippen LogP contribution is -2.24. The number of halogens is 1. The van der Waals surface area contributed by atoms with Crippen molar-refractivity contribution in [2.45, 2.75) is 42.9 Å². The standard InChI is InChI=1S/C19H20ClNO6S/c1-12-5-8-14(9-6-12)28(25,26)17(20)15-11-13(7-10-16(15)21(23)24)18(22)27-19(2,3)4/h5-11,17H,1-4H3. The lowest BCUT2D eigenvalue weighted by Gasteiger charge is -2.20. The molecule has 0 fully saturated rings. The zero-order valence-corrected chi connectivity index (χ0v) is 17.4. The number of esters is 1. The highest BCUT2D eigenvalue weighted by molar-refractivity contribution is 7.92. The summed E-state index contributed by atoms with van der Waals surface area (Å²) < 4.78 is 29.2. The maximum absolute atomic E-state index is 12.9. The lowest BCUT2D eigenvalue weighted by molar-refractivity contribution is -0.385. The van der Waals surface area contributed by atoms with Crippen LogP contribution in [-0.2, 0) is 14.6 Å². The second kappa shape index (κ2) is 7.89. The Morgan fingerprint density at radius 3 is 2.21 bits per heavy atom. The fourth-order valence-electron chi connectivity index (χ4n) is 2.38. The molecule has 0 aliphatic carbocycles. The van der Waals surface area contributed by atoms with Crippen LogP contribution in [0.2, 0.25) is 0 Å². The number of carbonyl (C=O) groups is 1. The molecule has 7 nitrogen and oxygen atoms in total. The molecule has 0 aromatic heterocycles. The van der Waals surface area contributed by atoms with Gasteiger partial charge in [0.15, 0.2) is 14.5 Å². The summed E-state index contributed by atoms with van der Waals surface area (Å²) in [6.07, 6.45) is 0. The number of nitrogens with zero attached hydrogens (tertiary/aromatic N) is 1. The van der Waals surface area contributed by atoms with E-state index in [1.54, 1.807) is 39.8 Å². The molecule has 9 heteroatoms. The normalized spacial score (nSPS) is 13.0. The Morgan fingerprint density at radius 1 is 1.14 bits per heavy atom. The molecule has 150 valence electrons. The minimum Gasteiger partial charge on any atom is -0.456 e. The van der Waals surface area contributed by atoms with Crippen molar-refractivity contribution in [1.29, 1.82) is 0 Å². The molecule has 0 heterocycles. The molecule has 2 aromatic carbocycles. The third kappa shape index (κ3) is 4.88. The van der Waals surface area contributed by atoms with Crippen LogP contribution in [0.5, 0.6) is 0 Å². The van der Waals surface area contributed by atoms with Gasteiger partial charge in [0, 0.05) is 6.07 Å². The topological polar surface area (TPSA) is 104 Å². The second-order valence-electron chi connectivity index (χ2n) is 7.21. The van der Waals surface area contributed by atoms with Gasteiger partial charge in [0.05, 0.1) is 20.9 Å². The van der Waals surface area contributed by atoms with E-state index in [0.29, 0.717) is 0 Å². The van der Waals surface area contributed by atoms with E-state index in [2.05, 4.69) is 0 Å². The number of nitro benzene ring substituents is 1. The highest BCUT2D eigenvalue weighted by Crippen LogP contribution is 2.38. The van der Waals surface area contributed by atoms with Gasteiger partial charge in [0.2, 0.25) is 0 Å². The summed E-state index contributed by atoms with van der Waals surface area (Å²) in [5.74, 6) is -0.736. The first-order chi connectivity index (χ1) is 12.8. The Bertz CT molecular complexity index is 1010. The van der Waals surface area contributed by atoms with Crippen molar-refractivity contribution >= 4 is 33.1 Å². The number of nitro groups is 1. The molecule has 1 unspecified atom stereocenters. The summed E-state index contributed by atoms with van der Waals surface area (Å²) in [7, 11) is -4.13. The summed E-state index contributed by atoms with van der Waals surface area (Å²) in [6.45, 7) is 6.81. The molecule has 0 bridgehead atoms. The monoisotopic (exact) mass is 425 g/mol. The van der Waals surface area contributed by atoms with Gasteiger partial charge in [-0.1, -0.05) is 29.3 Å². The number of aryl methyl sites for hydroxylation is 1. The third-order valence-corrected chi connectivity index (χ3v) is 6.39. The van der Waals surface area contributed by atoms with Crippen molar-refractivity contribution in [2.24, 2.45) is 0 Å². The van der Waals surface area contributed by atoms with E-state index in [1.807, 2.05) is 0 Å². The number of benzene rings is 2. The van der Waals surface area contributed by atoms with Gasteiger partial charge < -0.3 is 4.74 Å². The number of ether oxygens (including phenoxy) is 1. The smallest absolute Gasteiger partial charge is 0.338 e. The third-order valence-electron chi connectivity index (χ3n) is 3.73. The Hall–Kier alpha value is -2.45. The van der Waals surface area contributed by atoms with Crippen molar-refractivity contribution in [2.75, 3.05) is 0 Å². The minimum absolute atomic E-state index is 0.0275. The Kier molecular flexibility index (Phi) is 6.15. The van der Waals surface area contributed by atoms with E-state index in [1.165, 1.54) is 18.2 Å². The molecule has 2 rings (SSSR count). The number of hydrogen-bond donors (Lipinski definition) is 0. The summed E-state index contributed by atoms with van der Waals surface area (Å²) in [6, 6.07) is 9.30. The molecule has 0 spiro atoms. The highest BCUT2D eigenvalue weighted by atomic mass is 35.5. The first-order valence-electron chi connectivity index (χ1n) is 8.29. The first-order valence-corrected chi connectivity index (χ1v) is 10.3. The van der Waals surface area contributed by atoms with Crippen LogP contribution in [0.25, 0.3) is 0 Å². The van der Waals surface area contributed by atoms with Gasteiger partial charge in [-0.05, 0) is 52.0 Å². The molecule has 0 saturated heterocycles. The maximum Gasteiger partial charge on any atom is 0.338 e. The fourth-order valence-corrected chi connectivity index (χ4v) is 4.14. The molecule has 0 aliphatic heterocycles. The summed E-state index contributed by atoms with van der Waals surface area (Å²) in [5.41, 5.74) is -0.755. The van der Waals surface area contributed by atoms with E-state index < -0.39 is 36.7 Å². The zero-order chi connectivity index (χ0) is 21.3. The Labute approximate surface area is 168 Å². The Balaban J connectivity index is 2.54. The predicted octanol–water partition coefficient (Wildman–Crippen LogP) is 4.57.